The molecule has 114 valence electrons. The molecule has 3 fully saturated rings. The number of thiazole rings is 1. The molecular formula is C16H23N3OS. The molecule has 0 spiro atoms. The highest BCUT2D eigenvalue weighted by atomic mass is 32.1. The van der Waals surface area contributed by atoms with Crippen molar-refractivity contribution in [2.45, 2.75) is 57.2 Å². The first-order valence-electron chi connectivity index (χ1n) is 8.02. The van der Waals surface area contributed by atoms with E-state index >= 15 is 0 Å². The van der Waals surface area contributed by atoms with Crippen LogP contribution in [0, 0.1) is 5.41 Å². The van der Waals surface area contributed by atoms with Gasteiger partial charge in [0.15, 0.2) is 0 Å². The van der Waals surface area contributed by atoms with Crippen LogP contribution in [0.15, 0.2) is 11.7 Å². The van der Waals surface area contributed by atoms with Crippen LogP contribution in [0.5, 0.6) is 0 Å². The van der Waals surface area contributed by atoms with Crippen molar-refractivity contribution in [3.63, 3.8) is 0 Å². The number of rotatable bonds is 1. The smallest absolute Gasteiger partial charge is 0.265 e. The van der Waals surface area contributed by atoms with Gasteiger partial charge in [0.1, 0.15) is 4.88 Å². The van der Waals surface area contributed by atoms with Gasteiger partial charge in [0, 0.05) is 30.1 Å². The van der Waals surface area contributed by atoms with Gasteiger partial charge in [-0.1, -0.05) is 19.8 Å². The number of fused-ring (bicyclic) bond motifs is 1. The maximum absolute atomic E-state index is 12.9. The van der Waals surface area contributed by atoms with Crippen molar-refractivity contribution in [3.05, 3.63) is 16.6 Å². The third-order valence-electron chi connectivity index (χ3n) is 6.16. The van der Waals surface area contributed by atoms with Crippen LogP contribution in [0.4, 0.5) is 0 Å². The van der Waals surface area contributed by atoms with Crippen LogP contribution < -0.4 is 0 Å². The van der Waals surface area contributed by atoms with Gasteiger partial charge >= 0.3 is 0 Å². The van der Waals surface area contributed by atoms with E-state index in [2.05, 4.69) is 28.8 Å². The number of carbonyl (C=O) groups excluding carboxylic acids is 1. The Morgan fingerprint density at radius 2 is 2.14 bits per heavy atom. The second-order valence-electron chi connectivity index (χ2n) is 7.17. The molecule has 1 aromatic heterocycles. The Balaban J connectivity index is 1.72. The molecule has 0 aromatic carbocycles. The summed E-state index contributed by atoms with van der Waals surface area (Å²) in [6, 6.07) is 1.58. The number of hydrogen-bond donors (Lipinski definition) is 0. The maximum atomic E-state index is 12.9. The molecule has 3 heterocycles. The topological polar surface area (TPSA) is 36.4 Å². The van der Waals surface area contributed by atoms with E-state index in [0.717, 1.165) is 17.8 Å². The minimum absolute atomic E-state index is 0.203. The fourth-order valence-electron chi connectivity index (χ4n) is 5.15. The SMILES string of the molecule is CN1[C@@H]2CN(C(=O)c3cncs3)[C@@H]3CCCC[C@H]1[C@]3(C)C2. The summed E-state index contributed by atoms with van der Waals surface area (Å²) in [7, 11) is 2.27. The monoisotopic (exact) mass is 305 g/mol. The van der Waals surface area contributed by atoms with E-state index in [1.807, 2.05) is 0 Å². The largest absolute Gasteiger partial charge is 0.333 e. The maximum Gasteiger partial charge on any atom is 0.265 e. The van der Waals surface area contributed by atoms with Crippen LogP contribution in [0.1, 0.15) is 48.7 Å². The van der Waals surface area contributed by atoms with Crippen molar-refractivity contribution in [1.82, 2.24) is 14.8 Å². The Bertz CT molecular complexity index is 546. The van der Waals surface area contributed by atoms with E-state index < -0.39 is 0 Å². The van der Waals surface area contributed by atoms with E-state index in [9.17, 15) is 4.79 Å². The van der Waals surface area contributed by atoms with Crippen LogP contribution in [0.2, 0.25) is 0 Å². The molecule has 1 amide bonds. The van der Waals surface area contributed by atoms with Gasteiger partial charge in [-0.2, -0.15) is 0 Å². The molecule has 0 N–H and O–H groups in total. The Morgan fingerprint density at radius 3 is 2.86 bits per heavy atom. The molecule has 2 aliphatic heterocycles. The van der Waals surface area contributed by atoms with Crippen LogP contribution in [-0.4, -0.2) is 52.4 Å². The molecule has 4 atom stereocenters. The zero-order valence-electron chi connectivity index (χ0n) is 12.8. The molecule has 5 heteroatoms. The zero-order valence-corrected chi connectivity index (χ0v) is 13.6. The van der Waals surface area contributed by atoms with Gasteiger partial charge in [0.05, 0.1) is 11.7 Å². The summed E-state index contributed by atoms with van der Waals surface area (Å²) >= 11 is 1.47. The second-order valence-corrected chi connectivity index (χ2v) is 8.05. The summed E-state index contributed by atoms with van der Waals surface area (Å²) in [5.74, 6) is 0.203. The molecule has 4 nitrogen and oxygen atoms in total. The van der Waals surface area contributed by atoms with Crippen LogP contribution in [-0.2, 0) is 0 Å². The Labute approximate surface area is 130 Å². The predicted octanol–water partition coefficient (Wildman–Crippen LogP) is 2.62. The van der Waals surface area contributed by atoms with Crippen LogP contribution in [0.3, 0.4) is 0 Å². The average molecular weight is 305 g/mol. The molecule has 1 aromatic rings. The van der Waals surface area contributed by atoms with Crippen molar-refractivity contribution in [2.75, 3.05) is 13.6 Å². The first-order chi connectivity index (χ1) is 10.1. The highest BCUT2D eigenvalue weighted by Gasteiger charge is 2.58. The van der Waals surface area contributed by atoms with Crippen molar-refractivity contribution < 1.29 is 4.79 Å². The molecule has 3 aliphatic rings. The number of aromatic nitrogens is 1. The summed E-state index contributed by atoms with van der Waals surface area (Å²) in [5.41, 5.74) is 2.03. The van der Waals surface area contributed by atoms with E-state index in [0.29, 0.717) is 18.1 Å². The van der Waals surface area contributed by atoms with Crippen molar-refractivity contribution >= 4 is 17.2 Å². The third kappa shape index (κ3) is 1.90. The number of likely N-dealkylation sites (tertiary alicyclic amines) is 2. The number of amides is 1. The highest BCUT2D eigenvalue weighted by Crippen LogP contribution is 2.52. The highest BCUT2D eigenvalue weighted by molar-refractivity contribution is 7.11. The standard InChI is InChI=1S/C16H23N3OS/c1-16-7-11-9-19(15(20)12-8-17-10-21-12)14(16)6-4-3-5-13(16)18(11)2/h8,10-11,13-14H,3-7,9H2,1-2H3/t11-,13-,14+,16-/m0/s1. The lowest BCUT2D eigenvalue weighted by atomic mass is 9.71. The van der Waals surface area contributed by atoms with Gasteiger partial charge in [-0.3, -0.25) is 14.7 Å². The Kier molecular flexibility index (Phi) is 3.12. The fraction of sp³-hybridized carbons (Fsp3) is 0.750. The molecule has 1 saturated carbocycles. The van der Waals surface area contributed by atoms with Gasteiger partial charge < -0.3 is 4.90 Å². The van der Waals surface area contributed by atoms with E-state index in [4.69, 9.17) is 0 Å². The van der Waals surface area contributed by atoms with E-state index in [1.165, 1.54) is 37.0 Å². The first-order valence-corrected chi connectivity index (χ1v) is 8.90. The number of piperidine rings is 1. The lowest BCUT2D eigenvalue weighted by Gasteiger charge is -2.46. The zero-order chi connectivity index (χ0) is 14.6. The number of carbonyl (C=O) groups is 1. The molecule has 1 aliphatic carbocycles. The number of likely N-dealkylation sites (N-methyl/N-ethyl adjacent to an activating group) is 1. The molecule has 21 heavy (non-hydrogen) atoms. The molecule has 2 saturated heterocycles. The van der Waals surface area contributed by atoms with E-state index in [1.54, 1.807) is 11.7 Å². The van der Waals surface area contributed by atoms with Crippen LogP contribution in [0.25, 0.3) is 0 Å². The van der Waals surface area contributed by atoms with Gasteiger partial charge in [-0.25, -0.2) is 0 Å². The summed E-state index contributed by atoms with van der Waals surface area (Å²) in [6.45, 7) is 3.32. The Hall–Kier alpha value is -0.940. The van der Waals surface area contributed by atoms with Crippen LogP contribution >= 0.6 is 11.3 Å². The molecule has 0 unspecified atom stereocenters. The fourth-order valence-corrected chi connectivity index (χ4v) is 5.73. The molecule has 4 rings (SSSR count). The number of nitrogens with zero attached hydrogens (tertiary/aromatic N) is 3. The van der Waals surface area contributed by atoms with Gasteiger partial charge in [0.25, 0.3) is 5.91 Å². The number of hydrogen-bond acceptors (Lipinski definition) is 4. The Morgan fingerprint density at radius 1 is 1.38 bits per heavy atom. The summed E-state index contributed by atoms with van der Waals surface area (Å²) in [4.78, 5) is 22.5. The summed E-state index contributed by atoms with van der Waals surface area (Å²) < 4.78 is 0. The lowest BCUT2D eigenvalue weighted by molar-refractivity contribution is 0.0288. The quantitative estimate of drug-likeness (QED) is 0.800. The third-order valence-corrected chi connectivity index (χ3v) is 6.92. The van der Waals surface area contributed by atoms with Gasteiger partial charge in [-0.05, 0) is 26.3 Å². The van der Waals surface area contributed by atoms with Gasteiger partial charge in [-0.15, -0.1) is 11.3 Å². The predicted molar refractivity (Wildman–Crippen MR) is 83.5 cm³/mol. The average Bonchev–Trinajstić information content (AvgIpc) is 3.01. The molecule has 2 bridgehead atoms. The second kappa shape index (κ2) is 4.78. The minimum Gasteiger partial charge on any atom is -0.333 e. The normalized spacial score (nSPS) is 39.3. The lowest BCUT2D eigenvalue weighted by Crippen LogP contribution is -2.55. The van der Waals surface area contributed by atoms with Gasteiger partial charge in [0.2, 0.25) is 0 Å². The molecular weight excluding hydrogens is 282 g/mol. The summed E-state index contributed by atoms with van der Waals surface area (Å²) in [6.07, 6.45) is 7.99. The summed E-state index contributed by atoms with van der Waals surface area (Å²) in [5, 5.41) is 0. The van der Waals surface area contributed by atoms with Crippen molar-refractivity contribution in [3.8, 4) is 0 Å². The van der Waals surface area contributed by atoms with E-state index in [-0.39, 0.29) is 11.3 Å². The first kappa shape index (κ1) is 13.7. The van der Waals surface area contributed by atoms with Crippen molar-refractivity contribution in [1.29, 1.82) is 0 Å². The minimum atomic E-state index is 0.203. The molecule has 0 radical (unpaired) electrons. The van der Waals surface area contributed by atoms with Crippen molar-refractivity contribution in [2.24, 2.45) is 5.41 Å².